The van der Waals surface area contributed by atoms with Crippen LogP contribution in [-0.4, -0.2) is 20.6 Å². The fourth-order valence-corrected chi connectivity index (χ4v) is 1.39. The summed E-state index contributed by atoms with van der Waals surface area (Å²) in [4.78, 5) is 26.0. The van der Waals surface area contributed by atoms with Crippen molar-refractivity contribution in [2.24, 2.45) is 5.92 Å². The highest BCUT2D eigenvalue weighted by Gasteiger charge is 2.21. The Labute approximate surface area is 87.4 Å². The number of carboxylic acids is 1. The number of carbonyl (C=O) groups is 1. The highest BCUT2D eigenvalue weighted by molar-refractivity contribution is 5.71. The van der Waals surface area contributed by atoms with Gasteiger partial charge in [-0.05, 0) is 12.3 Å². The Hall–Kier alpha value is -1.65. The van der Waals surface area contributed by atoms with E-state index in [0.717, 1.165) is 6.20 Å². The summed E-state index contributed by atoms with van der Waals surface area (Å²) in [5.74, 6) is -0.775. The fourth-order valence-electron chi connectivity index (χ4n) is 1.39. The van der Waals surface area contributed by atoms with Crippen LogP contribution >= 0.6 is 0 Å². The molecule has 0 aliphatic rings. The molecule has 1 heterocycles. The molecule has 1 N–H and O–H groups in total. The Morgan fingerprint density at radius 2 is 2.27 bits per heavy atom. The summed E-state index contributed by atoms with van der Waals surface area (Å²) in [6, 6.07) is -0.805. The van der Waals surface area contributed by atoms with Crippen molar-refractivity contribution in [3.05, 3.63) is 28.9 Å². The zero-order valence-corrected chi connectivity index (χ0v) is 8.75. The molecule has 0 unspecified atom stereocenters. The predicted octanol–water partition coefficient (Wildman–Crippen LogP) is 0.915. The molecule has 1 aromatic rings. The molecule has 1 rings (SSSR count). The summed E-state index contributed by atoms with van der Waals surface area (Å²) in [5, 5.41) is 9.02. The third-order valence-electron chi connectivity index (χ3n) is 2.07. The van der Waals surface area contributed by atoms with E-state index in [9.17, 15) is 9.59 Å². The average Bonchev–Trinajstić information content (AvgIpc) is 2.15. The van der Waals surface area contributed by atoms with E-state index in [-0.39, 0.29) is 11.5 Å². The minimum absolute atomic E-state index is 0.214. The monoisotopic (exact) mass is 210 g/mol. The van der Waals surface area contributed by atoms with Crippen molar-refractivity contribution in [1.82, 2.24) is 9.55 Å². The van der Waals surface area contributed by atoms with Crippen LogP contribution in [-0.2, 0) is 4.79 Å². The van der Waals surface area contributed by atoms with Crippen molar-refractivity contribution in [3.63, 3.8) is 0 Å². The number of hydrogen-bond donors (Lipinski definition) is 1. The molecule has 5 heteroatoms. The van der Waals surface area contributed by atoms with Gasteiger partial charge in [0.25, 0.3) is 5.56 Å². The van der Waals surface area contributed by atoms with Crippen LogP contribution in [0.25, 0.3) is 0 Å². The van der Waals surface area contributed by atoms with Crippen molar-refractivity contribution in [2.45, 2.75) is 26.3 Å². The van der Waals surface area contributed by atoms with Gasteiger partial charge in [-0.1, -0.05) is 13.8 Å². The van der Waals surface area contributed by atoms with Gasteiger partial charge in [0.1, 0.15) is 6.04 Å². The van der Waals surface area contributed by atoms with Crippen molar-refractivity contribution in [1.29, 1.82) is 0 Å². The Morgan fingerprint density at radius 3 is 2.73 bits per heavy atom. The quantitative estimate of drug-likeness (QED) is 0.801. The molecule has 0 aliphatic heterocycles. The van der Waals surface area contributed by atoms with E-state index in [0.29, 0.717) is 6.42 Å². The molecule has 0 bridgehead atoms. The largest absolute Gasteiger partial charge is 0.480 e. The number of aliphatic carboxylic acids is 1. The van der Waals surface area contributed by atoms with Crippen LogP contribution in [0.3, 0.4) is 0 Å². The van der Waals surface area contributed by atoms with Crippen LogP contribution in [0, 0.1) is 5.92 Å². The summed E-state index contributed by atoms with van der Waals surface area (Å²) in [6.07, 6.45) is 4.37. The predicted molar refractivity (Wildman–Crippen MR) is 54.6 cm³/mol. The number of rotatable bonds is 4. The first kappa shape index (κ1) is 11.4. The Kier molecular flexibility index (Phi) is 3.60. The molecule has 0 aromatic carbocycles. The summed E-state index contributed by atoms with van der Waals surface area (Å²) < 4.78 is 1.20. The maximum atomic E-state index is 11.4. The zero-order valence-electron chi connectivity index (χ0n) is 8.75. The van der Waals surface area contributed by atoms with Crippen molar-refractivity contribution >= 4 is 5.97 Å². The van der Waals surface area contributed by atoms with Gasteiger partial charge in [0.2, 0.25) is 0 Å². The van der Waals surface area contributed by atoms with E-state index in [4.69, 9.17) is 5.11 Å². The van der Waals surface area contributed by atoms with Crippen molar-refractivity contribution in [3.8, 4) is 0 Å². The zero-order chi connectivity index (χ0) is 11.4. The van der Waals surface area contributed by atoms with Gasteiger partial charge >= 0.3 is 5.97 Å². The second-order valence-electron chi connectivity index (χ2n) is 3.81. The second kappa shape index (κ2) is 4.72. The molecule has 1 atom stereocenters. The van der Waals surface area contributed by atoms with Crippen LogP contribution < -0.4 is 5.56 Å². The number of hydrogen-bond acceptors (Lipinski definition) is 3. The fraction of sp³-hybridized carbons (Fsp3) is 0.500. The number of aromatic nitrogens is 2. The maximum Gasteiger partial charge on any atom is 0.326 e. The van der Waals surface area contributed by atoms with Crippen LogP contribution in [0.2, 0.25) is 0 Å². The molecule has 0 fully saturated rings. The van der Waals surface area contributed by atoms with Crippen LogP contribution in [0.1, 0.15) is 26.3 Å². The minimum atomic E-state index is -0.989. The van der Waals surface area contributed by atoms with E-state index >= 15 is 0 Å². The Balaban J connectivity index is 3.05. The Bertz CT molecular complexity index is 398. The van der Waals surface area contributed by atoms with Gasteiger partial charge in [-0.2, -0.15) is 0 Å². The lowest BCUT2D eigenvalue weighted by Crippen LogP contribution is -2.30. The normalized spacial score (nSPS) is 12.7. The third-order valence-corrected chi connectivity index (χ3v) is 2.07. The molecular formula is C10H14N2O3. The standard InChI is InChI=1S/C10H14N2O3/c1-7(2)5-8(10(14)15)12-4-3-11-6-9(12)13/h3-4,6-8H,5H2,1-2H3,(H,14,15)/t8-/m0/s1. The average molecular weight is 210 g/mol. The molecule has 0 spiro atoms. The summed E-state index contributed by atoms with van der Waals surface area (Å²) >= 11 is 0. The van der Waals surface area contributed by atoms with Gasteiger partial charge in [0.15, 0.2) is 0 Å². The van der Waals surface area contributed by atoms with Crippen molar-refractivity contribution < 1.29 is 9.90 Å². The van der Waals surface area contributed by atoms with Crippen LogP contribution in [0.15, 0.2) is 23.4 Å². The molecule has 82 valence electrons. The lowest BCUT2D eigenvalue weighted by atomic mass is 10.0. The van der Waals surface area contributed by atoms with E-state index in [1.54, 1.807) is 0 Å². The molecule has 15 heavy (non-hydrogen) atoms. The first-order valence-corrected chi connectivity index (χ1v) is 4.77. The van der Waals surface area contributed by atoms with Crippen molar-refractivity contribution in [2.75, 3.05) is 0 Å². The molecule has 1 aromatic heterocycles. The number of carboxylic acid groups (broad SMARTS) is 1. The van der Waals surface area contributed by atoms with E-state index in [1.165, 1.54) is 17.0 Å². The highest BCUT2D eigenvalue weighted by atomic mass is 16.4. The molecule has 5 nitrogen and oxygen atoms in total. The minimum Gasteiger partial charge on any atom is -0.480 e. The van der Waals surface area contributed by atoms with Gasteiger partial charge in [0.05, 0.1) is 6.20 Å². The van der Waals surface area contributed by atoms with Gasteiger partial charge in [-0.3, -0.25) is 14.3 Å². The van der Waals surface area contributed by atoms with Crippen LogP contribution in [0.5, 0.6) is 0 Å². The first-order chi connectivity index (χ1) is 7.02. The molecule has 0 radical (unpaired) electrons. The lowest BCUT2D eigenvalue weighted by Gasteiger charge is -2.16. The van der Waals surface area contributed by atoms with Crippen LogP contribution in [0.4, 0.5) is 0 Å². The SMILES string of the molecule is CC(C)C[C@@H](C(=O)O)n1ccncc1=O. The summed E-state index contributed by atoms with van der Waals surface area (Å²) in [6.45, 7) is 3.84. The Morgan fingerprint density at radius 1 is 1.60 bits per heavy atom. The molecule has 0 aliphatic carbocycles. The molecule has 0 saturated carbocycles. The van der Waals surface area contributed by atoms with Gasteiger partial charge in [0, 0.05) is 12.4 Å². The summed E-state index contributed by atoms with van der Waals surface area (Å²) in [5.41, 5.74) is -0.384. The van der Waals surface area contributed by atoms with E-state index < -0.39 is 12.0 Å². The third kappa shape index (κ3) is 2.90. The molecule has 0 amide bonds. The highest BCUT2D eigenvalue weighted by Crippen LogP contribution is 2.15. The van der Waals surface area contributed by atoms with Gasteiger partial charge in [-0.25, -0.2) is 4.79 Å². The van der Waals surface area contributed by atoms with Gasteiger partial charge in [-0.15, -0.1) is 0 Å². The first-order valence-electron chi connectivity index (χ1n) is 4.77. The smallest absolute Gasteiger partial charge is 0.326 e. The second-order valence-corrected chi connectivity index (χ2v) is 3.81. The van der Waals surface area contributed by atoms with Gasteiger partial charge < -0.3 is 5.11 Å². The molecule has 0 saturated heterocycles. The maximum absolute atomic E-state index is 11.4. The van der Waals surface area contributed by atoms with E-state index in [2.05, 4.69) is 4.98 Å². The molecular weight excluding hydrogens is 196 g/mol. The number of nitrogens with zero attached hydrogens (tertiary/aromatic N) is 2. The topological polar surface area (TPSA) is 72.2 Å². The lowest BCUT2D eigenvalue weighted by molar-refractivity contribution is -0.141. The summed E-state index contributed by atoms with van der Waals surface area (Å²) in [7, 11) is 0. The van der Waals surface area contributed by atoms with E-state index in [1.807, 2.05) is 13.8 Å².